The molecule has 0 atom stereocenters. The largest absolute Gasteiger partial charge is 0.332 e. The number of non-ortho nitro benzene ring substituents is 1. The third-order valence-electron chi connectivity index (χ3n) is 3.74. The molecule has 0 radical (unpaired) electrons. The Hall–Kier alpha value is -2.24. The maximum absolute atomic E-state index is 13.9. The van der Waals surface area contributed by atoms with Crippen molar-refractivity contribution in [3.05, 3.63) is 52.3 Å². The molecule has 1 saturated carbocycles. The van der Waals surface area contributed by atoms with Gasteiger partial charge in [0.25, 0.3) is 11.6 Å². The first-order chi connectivity index (χ1) is 10.0. The van der Waals surface area contributed by atoms with Crippen LogP contribution in [0.15, 0.2) is 30.9 Å². The van der Waals surface area contributed by atoms with E-state index in [4.69, 9.17) is 0 Å². The average Bonchev–Trinajstić information content (AvgIpc) is 2.98. The summed E-state index contributed by atoms with van der Waals surface area (Å²) in [6, 6.07) is 3.07. The highest BCUT2D eigenvalue weighted by atomic mass is 19.1. The standard InChI is InChI=1S/C15H17FN2O3/c1-2-9-17(11-5-3-4-6-11)15(19)13-10-12(18(20)21)7-8-14(13)16/h2,7-8,10-11H,1,3-6,9H2. The summed E-state index contributed by atoms with van der Waals surface area (Å²) >= 11 is 0. The fourth-order valence-electron chi connectivity index (χ4n) is 2.70. The van der Waals surface area contributed by atoms with Gasteiger partial charge in [0.05, 0.1) is 10.5 Å². The molecule has 1 aliphatic carbocycles. The zero-order chi connectivity index (χ0) is 15.4. The minimum Gasteiger partial charge on any atom is -0.332 e. The predicted octanol–water partition coefficient (Wildman–Crippen LogP) is 3.30. The molecule has 6 heteroatoms. The lowest BCUT2D eigenvalue weighted by atomic mass is 10.1. The number of nitro benzene ring substituents is 1. The summed E-state index contributed by atoms with van der Waals surface area (Å²) in [4.78, 5) is 24.2. The maximum atomic E-state index is 13.9. The van der Waals surface area contributed by atoms with Crippen molar-refractivity contribution in [2.75, 3.05) is 6.54 Å². The molecule has 1 aromatic carbocycles. The van der Waals surface area contributed by atoms with Gasteiger partial charge in [0.15, 0.2) is 0 Å². The maximum Gasteiger partial charge on any atom is 0.270 e. The summed E-state index contributed by atoms with van der Waals surface area (Å²) in [7, 11) is 0. The molecular formula is C15H17FN2O3. The molecule has 0 aliphatic heterocycles. The number of carbonyl (C=O) groups is 1. The monoisotopic (exact) mass is 292 g/mol. The molecule has 0 aromatic heterocycles. The van der Waals surface area contributed by atoms with E-state index < -0.39 is 16.6 Å². The fraction of sp³-hybridized carbons (Fsp3) is 0.400. The lowest BCUT2D eigenvalue weighted by Gasteiger charge is -2.28. The van der Waals surface area contributed by atoms with Crippen LogP contribution in [-0.4, -0.2) is 28.3 Å². The minimum absolute atomic E-state index is 0.0502. The van der Waals surface area contributed by atoms with Crippen molar-refractivity contribution in [3.8, 4) is 0 Å². The molecule has 0 bridgehead atoms. The molecule has 5 nitrogen and oxygen atoms in total. The van der Waals surface area contributed by atoms with Gasteiger partial charge >= 0.3 is 0 Å². The molecule has 2 rings (SSSR count). The second kappa shape index (κ2) is 6.47. The van der Waals surface area contributed by atoms with Crippen LogP contribution < -0.4 is 0 Å². The quantitative estimate of drug-likeness (QED) is 0.475. The Morgan fingerprint density at radius 2 is 2.14 bits per heavy atom. The third-order valence-corrected chi connectivity index (χ3v) is 3.74. The highest BCUT2D eigenvalue weighted by molar-refractivity contribution is 5.95. The summed E-state index contributed by atoms with van der Waals surface area (Å²) in [5, 5.41) is 10.8. The summed E-state index contributed by atoms with van der Waals surface area (Å²) in [5.74, 6) is -1.25. The average molecular weight is 292 g/mol. The number of nitrogens with zero attached hydrogens (tertiary/aromatic N) is 2. The number of rotatable bonds is 5. The second-order valence-corrected chi connectivity index (χ2v) is 5.11. The Bertz CT molecular complexity index is 568. The van der Waals surface area contributed by atoms with Crippen molar-refractivity contribution in [2.24, 2.45) is 0 Å². The van der Waals surface area contributed by atoms with E-state index in [1.165, 1.54) is 0 Å². The Labute approximate surface area is 122 Å². The van der Waals surface area contributed by atoms with Crippen molar-refractivity contribution in [1.82, 2.24) is 4.90 Å². The number of amides is 1. The van der Waals surface area contributed by atoms with E-state index in [0.29, 0.717) is 6.54 Å². The van der Waals surface area contributed by atoms with E-state index in [2.05, 4.69) is 6.58 Å². The molecule has 1 aliphatic rings. The summed E-state index contributed by atoms with van der Waals surface area (Å²) < 4.78 is 13.9. The molecule has 21 heavy (non-hydrogen) atoms. The first-order valence-electron chi connectivity index (χ1n) is 6.90. The van der Waals surface area contributed by atoms with Crippen LogP contribution in [-0.2, 0) is 0 Å². The van der Waals surface area contributed by atoms with E-state index in [-0.39, 0.29) is 17.3 Å². The molecular weight excluding hydrogens is 275 g/mol. The number of benzene rings is 1. The molecule has 0 N–H and O–H groups in total. The van der Waals surface area contributed by atoms with Gasteiger partial charge in [-0.15, -0.1) is 6.58 Å². The van der Waals surface area contributed by atoms with E-state index in [1.807, 2.05) is 0 Å². The highest BCUT2D eigenvalue weighted by Gasteiger charge is 2.29. The highest BCUT2D eigenvalue weighted by Crippen LogP contribution is 2.26. The first-order valence-corrected chi connectivity index (χ1v) is 6.90. The molecule has 0 unspecified atom stereocenters. The van der Waals surface area contributed by atoms with Crippen LogP contribution in [0.4, 0.5) is 10.1 Å². The minimum atomic E-state index is -0.738. The Kier molecular flexibility index (Phi) is 4.67. The van der Waals surface area contributed by atoms with Crippen LogP contribution in [0.1, 0.15) is 36.0 Å². The first kappa shape index (κ1) is 15.2. The van der Waals surface area contributed by atoms with Gasteiger partial charge < -0.3 is 4.90 Å². The predicted molar refractivity (Wildman–Crippen MR) is 76.5 cm³/mol. The number of carbonyl (C=O) groups excluding carboxylic acids is 1. The van der Waals surface area contributed by atoms with Gasteiger partial charge in [0, 0.05) is 24.7 Å². The lowest BCUT2D eigenvalue weighted by molar-refractivity contribution is -0.384. The topological polar surface area (TPSA) is 63.5 Å². The molecule has 0 heterocycles. The number of halogens is 1. The molecule has 0 spiro atoms. The summed E-state index contributed by atoms with van der Waals surface area (Å²) in [6.45, 7) is 3.93. The molecule has 0 saturated heterocycles. The zero-order valence-corrected chi connectivity index (χ0v) is 11.6. The van der Waals surface area contributed by atoms with Crippen molar-refractivity contribution < 1.29 is 14.1 Å². The normalized spacial score (nSPS) is 14.9. The van der Waals surface area contributed by atoms with Gasteiger partial charge in [-0.25, -0.2) is 4.39 Å². The van der Waals surface area contributed by atoms with Crippen LogP contribution in [0, 0.1) is 15.9 Å². The number of nitro groups is 1. The molecule has 112 valence electrons. The van der Waals surface area contributed by atoms with Crippen LogP contribution in [0.3, 0.4) is 0 Å². The van der Waals surface area contributed by atoms with Gasteiger partial charge in [-0.2, -0.15) is 0 Å². The lowest BCUT2D eigenvalue weighted by Crippen LogP contribution is -2.39. The van der Waals surface area contributed by atoms with Crippen LogP contribution in [0.5, 0.6) is 0 Å². The van der Waals surface area contributed by atoms with E-state index in [9.17, 15) is 19.3 Å². The van der Waals surface area contributed by atoms with E-state index in [1.54, 1.807) is 11.0 Å². The summed E-state index contributed by atoms with van der Waals surface area (Å²) in [5.41, 5.74) is -0.539. The van der Waals surface area contributed by atoms with Gasteiger partial charge in [0.2, 0.25) is 0 Å². The van der Waals surface area contributed by atoms with Crippen molar-refractivity contribution in [2.45, 2.75) is 31.7 Å². The van der Waals surface area contributed by atoms with Gasteiger partial charge in [0.1, 0.15) is 5.82 Å². The van der Waals surface area contributed by atoms with Gasteiger partial charge in [-0.1, -0.05) is 18.9 Å². The fourth-order valence-corrected chi connectivity index (χ4v) is 2.70. The van der Waals surface area contributed by atoms with Crippen molar-refractivity contribution in [3.63, 3.8) is 0 Å². The number of hydrogen-bond acceptors (Lipinski definition) is 3. The van der Waals surface area contributed by atoms with Gasteiger partial charge in [-0.3, -0.25) is 14.9 Å². The zero-order valence-electron chi connectivity index (χ0n) is 11.6. The van der Waals surface area contributed by atoms with E-state index in [0.717, 1.165) is 43.9 Å². The SMILES string of the molecule is C=CCN(C(=O)c1cc([N+](=O)[O-])ccc1F)C1CCCC1. The van der Waals surface area contributed by atoms with Crippen molar-refractivity contribution >= 4 is 11.6 Å². The summed E-state index contributed by atoms with van der Waals surface area (Å²) in [6.07, 6.45) is 5.39. The van der Waals surface area contributed by atoms with Crippen molar-refractivity contribution in [1.29, 1.82) is 0 Å². The Morgan fingerprint density at radius 1 is 1.48 bits per heavy atom. The Balaban J connectivity index is 2.33. The number of hydrogen-bond donors (Lipinski definition) is 0. The Morgan fingerprint density at radius 3 is 2.71 bits per heavy atom. The molecule has 1 aromatic rings. The molecule has 1 fully saturated rings. The third kappa shape index (κ3) is 3.26. The van der Waals surface area contributed by atoms with Crippen LogP contribution >= 0.6 is 0 Å². The second-order valence-electron chi connectivity index (χ2n) is 5.11. The van der Waals surface area contributed by atoms with Crippen LogP contribution in [0.2, 0.25) is 0 Å². The molecule has 1 amide bonds. The van der Waals surface area contributed by atoms with Crippen LogP contribution in [0.25, 0.3) is 0 Å². The smallest absolute Gasteiger partial charge is 0.270 e. The van der Waals surface area contributed by atoms with Gasteiger partial charge in [-0.05, 0) is 18.9 Å². The van der Waals surface area contributed by atoms with E-state index >= 15 is 0 Å².